The van der Waals surface area contributed by atoms with Crippen molar-refractivity contribution < 1.29 is 9.90 Å². The number of hydrogen-bond donors (Lipinski definition) is 1. The summed E-state index contributed by atoms with van der Waals surface area (Å²) >= 11 is 0. The van der Waals surface area contributed by atoms with E-state index in [1.54, 1.807) is 6.33 Å². The van der Waals surface area contributed by atoms with E-state index < -0.39 is 5.97 Å². The molecule has 0 radical (unpaired) electrons. The molecule has 1 fully saturated rings. The largest absolute Gasteiger partial charge is 0.481 e. The van der Waals surface area contributed by atoms with Crippen LogP contribution in [0.3, 0.4) is 0 Å². The number of anilines is 1. The Morgan fingerprint density at radius 3 is 2.76 bits per heavy atom. The number of piperazine rings is 1. The van der Waals surface area contributed by atoms with Crippen molar-refractivity contribution in [2.45, 2.75) is 6.42 Å². The number of pyridine rings is 1. The minimum Gasteiger partial charge on any atom is -0.481 e. The monoisotopic (exact) mass is 289 g/mol. The zero-order valence-corrected chi connectivity index (χ0v) is 12.1. The van der Waals surface area contributed by atoms with E-state index in [2.05, 4.69) is 19.8 Å². The maximum atomic E-state index is 10.6. The Morgan fingerprint density at radius 2 is 2.05 bits per heavy atom. The van der Waals surface area contributed by atoms with E-state index in [1.807, 2.05) is 23.9 Å². The number of nitrogens with zero attached hydrogens (tertiary/aromatic N) is 5. The van der Waals surface area contributed by atoms with Crippen molar-refractivity contribution in [1.82, 2.24) is 19.4 Å². The van der Waals surface area contributed by atoms with E-state index in [0.717, 1.165) is 43.0 Å². The summed E-state index contributed by atoms with van der Waals surface area (Å²) in [5.41, 5.74) is 2.01. The molecule has 2 aromatic heterocycles. The van der Waals surface area contributed by atoms with Crippen molar-refractivity contribution in [3.8, 4) is 0 Å². The summed E-state index contributed by atoms with van der Waals surface area (Å²) in [4.78, 5) is 24.0. The molecule has 3 rings (SSSR count). The van der Waals surface area contributed by atoms with E-state index in [0.29, 0.717) is 6.54 Å². The highest BCUT2D eigenvalue weighted by molar-refractivity contribution is 5.86. The Balaban J connectivity index is 1.70. The molecule has 7 nitrogen and oxygen atoms in total. The molecule has 1 aliphatic rings. The van der Waals surface area contributed by atoms with Crippen LogP contribution < -0.4 is 4.90 Å². The summed E-state index contributed by atoms with van der Waals surface area (Å²) in [6.45, 7) is 4.03. The molecule has 21 heavy (non-hydrogen) atoms. The number of carboxylic acid groups (broad SMARTS) is 1. The van der Waals surface area contributed by atoms with Crippen LogP contribution in [-0.2, 0) is 11.8 Å². The quantitative estimate of drug-likeness (QED) is 0.887. The predicted octanol–water partition coefficient (Wildman–Crippen LogP) is 0.565. The molecule has 0 amide bonds. The molecule has 0 saturated carbocycles. The van der Waals surface area contributed by atoms with Crippen molar-refractivity contribution >= 4 is 22.8 Å². The Labute approximate surface area is 122 Å². The molecular formula is C14H19N5O2. The summed E-state index contributed by atoms with van der Waals surface area (Å²) in [6, 6.07) is 1.97. The van der Waals surface area contributed by atoms with Gasteiger partial charge < -0.3 is 14.6 Å². The first kappa shape index (κ1) is 13.8. The van der Waals surface area contributed by atoms with Crippen LogP contribution in [0.5, 0.6) is 0 Å². The molecule has 0 spiro atoms. The second kappa shape index (κ2) is 5.69. The van der Waals surface area contributed by atoms with E-state index in [4.69, 9.17) is 5.11 Å². The van der Waals surface area contributed by atoms with Gasteiger partial charge in [-0.25, -0.2) is 9.97 Å². The Hall–Kier alpha value is -2.15. The summed E-state index contributed by atoms with van der Waals surface area (Å²) < 4.78 is 1.99. The van der Waals surface area contributed by atoms with E-state index in [-0.39, 0.29) is 6.42 Å². The lowest BCUT2D eigenvalue weighted by Gasteiger charge is -2.35. The lowest BCUT2D eigenvalue weighted by atomic mass is 10.2. The molecule has 2 aromatic rings. The van der Waals surface area contributed by atoms with Crippen molar-refractivity contribution in [3.63, 3.8) is 0 Å². The SMILES string of the molecule is Cn1cnc2c(N3CCN(CCC(=O)O)CC3)nccc21. The third-order valence-electron chi connectivity index (χ3n) is 3.94. The first-order valence-corrected chi connectivity index (χ1v) is 7.10. The van der Waals surface area contributed by atoms with Gasteiger partial charge in [0.15, 0.2) is 5.82 Å². The van der Waals surface area contributed by atoms with Crippen LogP contribution in [0.2, 0.25) is 0 Å². The zero-order chi connectivity index (χ0) is 14.8. The smallest absolute Gasteiger partial charge is 0.304 e. The fourth-order valence-corrected chi connectivity index (χ4v) is 2.72. The summed E-state index contributed by atoms with van der Waals surface area (Å²) in [5.74, 6) is 0.184. The molecule has 3 heterocycles. The minimum atomic E-state index is -0.739. The number of aliphatic carboxylic acids is 1. The molecule has 1 N–H and O–H groups in total. The Kier molecular flexibility index (Phi) is 3.74. The third-order valence-corrected chi connectivity index (χ3v) is 3.94. The molecule has 7 heteroatoms. The third kappa shape index (κ3) is 2.82. The topological polar surface area (TPSA) is 74.5 Å². The van der Waals surface area contributed by atoms with E-state index >= 15 is 0 Å². The van der Waals surface area contributed by atoms with Gasteiger partial charge in [0.1, 0.15) is 5.52 Å². The standard InChI is InChI=1S/C14H19N5O2/c1-17-10-16-13-11(17)2-4-15-14(13)19-8-6-18(7-9-19)5-3-12(20)21/h2,4,10H,3,5-9H2,1H3,(H,20,21). The molecule has 0 unspecified atom stereocenters. The van der Waals surface area contributed by atoms with Crippen LogP contribution in [0.25, 0.3) is 11.0 Å². The van der Waals surface area contributed by atoms with Crippen LogP contribution in [0.4, 0.5) is 5.82 Å². The van der Waals surface area contributed by atoms with Crippen LogP contribution in [-0.4, -0.2) is 63.2 Å². The first-order chi connectivity index (χ1) is 10.1. The fourth-order valence-electron chi connectivity index (χ4n) is 2.72. The number of carbonyl (C=O) groups is 1. The van der Waals surface area contributed by atoms with Gasteiger partial charge in [0.25, 0.3) is 0 Å². The second-order valence-electron chi connectivity index (χ2n) is 5.33. The second-order valence-corrected chi connectivity index (χ2v) is 5.33. The van der Waals surface area contributed by atoms with Gasteiger partial charge in [-0.1, -0.05) is 0 Å². The number of hydrogen-bond acceptors (Lipinski definition) is 5. The molecule has 1 aliphatic heterocycles. The molecule has 0 aliphatic carbocycles. The highest BCUT2D eigenvalue weighted by Gasteiger charge is 2.21. The van der Waals surface area contributed by atoms with Crippen molar-refractivity contribution in [1.29, 1.82) is 0 Å². The van der Waals surface area contributed by atoms with Gasteiger partial charge in [-0.2, -0.15) is 0 Å². The van der Waals surface area contributed by atoms with Crippen LogP contribution in [0, 0.1) is 0 Å². The van der Waals surface area contributed by atoms with Gasteiger partial charge in [-0.3, -0.25) is 9.69 Å². The number of aromatic nitrogens is 3. The normalized spacial score (nSPS) is 16.5. The number of aryl methyl sites for hydroxylation is 1. The predicted molar refractivity (Wildman–Crippen MR) is 79.4 cm³/mol. The maximum Gasteiger partial charge on any atom is 0.304 e. The average molecular weight is 289 g/mol. The van der Waals surface area contributed by atoms with Gasteiger partial charge in [-0.05, 0) is 6.07 Å². The molecular weight excluding hydrogens is 270 g/mol. The molecule has 112 valence electrons. The van der Waals surface area contributed by atoms with Crippen LogP contribution >= 0.6 is 0 Å². The van der Waals surface area contributed by atoms with Crippen molar-refractivity contribution in [2.24, 2.45) is 7.05 Å². The maximum absolute atomic E-state index is 10.6. The van der Waals surface area contributed by atoms with E-state index in [9.17, 15) is 4.79 Å². The molecule has 0 aromatic carbocycles. The lowest BCUT2D eigenvalue weighted by Crippen LogP contribution is -2.47. The minimum absolute atomic E-state index is 0.202. The summed E-state index contributed by atoms with van der Waals surface area (Å²) in [6.07, 6.45) is 3.82. The highest BCUT2D eigenvalue weighted by atomic mass is 16.4. The number of imidazole rings is 1. The number of rotatable bonds is 4. The van der Waals surface area contributed by atoms with Crippen molar-refractivity contribution in [3.05, 3.63) is 18.6 Å². The van der Waals surface area contributed by atoms with Gasteiger partial charge in [0.2, 0.25) is 0 Å². The summed E-state index contributed by atoms with van der Waals surface area (Å²) in [7, 11) is 1.98. The van der Waals surface area contributed by atoms with Gasteiger partial charge in [0, 0.05) is 46.0 Å². The van der Waals surface area contributed by atoms with Crippen LogP contribution in [0.1, 0.15) is 6.42 Å². The average Bonchev–Trinajstić information content (AvgIpc) is 2.87. The Bertz CT molecular complexity index is 646. The zero-order valence-electron chi connectivity index (χ0n) is 12.1. The van der Waals surface area contributed by atoms with E-state index in [1.165, 1.54) is 0 Å². The van der Waals surface area contributed by atoms with Gasteiger partial charge in [0.05, 0.1) is 18.3 Å². The van der Waals surface area contributed by atoms with Crippen molar-refractivity contribution in [2.75, 3.05) is 37.6 Å². The molecule has 1 saturated heterocycles. The fraction of sp³-hybridized carbons (Fsp3) is 0.500. The van der Waals surface area contributed by atoms with Gasteiger partial charge in [-0.15, -0.1) is 0 Å². The lowest BCUT2D eigenvalue weighted by molar-refractivity contribution is -0.137. The molecule has 0 atom stereocenters. The van der Waals surface area contributed by atoms with Gasteiger partial charge >= 0.3 is 5.97 Å². The Morgan fingerprint density at radius 1 is 1.29 bits per heavy atom. The highest BCUT2D eigenvalue weighted by Crippen LogP contribution is 2.23. The number of carboxylic acids is 1. The molecule has 0 bridgehead atoms. The first-order valence-electron chi connectivity index (χ1n) is 7.10. The number of fused-ring (bicyclic) bond motifs is 1. The van der Waals surface area contributed by atoms with Crippen LogP contribution in [0.15, 0.2) is 18.6 Å². The summed E-state index contributed by atoms with van der Waals surface area (Å²) in [5, 5.41) is 8.74.